The number of carboxylic acids is 1. The fourth-order valence-electron chi connectivity index (χ4n) is 1.54. The highest BCUT2D eigenvalue weighted by Crippen LogP contribution is 2.37. The summed E-state index contributed by atoms with van der Waals surface area (Å²) in [7, 11) is 1.56. The van der Waals surface area contributed by atoms with Gasteiger partial charge in [0.15, 0.2) is 11.5 Å². The fraction of sp³-hybridized carbons (Fsp3) is 0.400. The Morgan fingerprint density at radius 3 is 2.70 bits per heavy atom. The smallest absolute Gasteiger partial charge is 0.328 e. The predicted molar refractivity (Wildman–Crippen MR) is 82.3 cm³/mol. The number of aliphatic carboxylic acids is 1. The highest BCUT2D eigenvalue weighted by molar-refractivity contribution is 9.10. The average molecular weight is 343 g/mol. The number of ether oxygens (including phenoxy) is 2. The molecule has 4 nitrogen and oxygen atoms in total. The van der Waals surface area contributed by atoms with Crippen LogP contribution in [0.15, 0.2) is 22.7 Å². The van der Waals surface area contributed by atoms with Crippen LogP contribution < -0.4 is 9.47 Å². The molecule has 0 saturated carbocycles. The standard InChI is InChI=1S/C15H19BrO4/c1-10(2)6-7-20-15-12(16)8-11(4-5-14(17)18)9-13(15)19-3/h4-5,8-10H,6-7H2,1-3H3,(H,17,18). The maximum atomic E-state index is 10.5. The SMILES string of the molecule is COc1cc(C=CC(=O)O)cc(Br)c1OCCC(C)C. The Labute approximate surface area is 127 Å². The van der Waals surface area contributed by atoms with E-state index in [1.54, 1.807) is 19.2 Å². The van der Waals surface area contributed by atoms with Crippen molar-refractivity contribution in [3.8, 4) is 11.5 Å². The van der Waals surface area contributed by atoms with Gasteiger partial charge in [-0.05, 0) is 52.0 Å². The van der Waals surface area contributed by atoms with Crippen LogP contribution in [0.25, 0.3) is 6.08 Å². The largest absolute Gasteiger partial charge is 0.493 e. The number of benzene rings is 1. The number of hydrogen-bond acceptors (Lipinski definition) is 3. The van der Waals surface area contributed by atoms with Crippen molar-refractivity contribution in [2.45, 2.75) is 20.3 Å². The molecule has 0 saturated heterocycles. The molecule has 5 heteroatoms. The maximum absolute atomic E-state index is 10.5. The Bertz CT molecular complexity index is 495. The number of carboxylic acid groups (broad SMARTS) is 1. The zero-order valence-electron chi connectivity index (χ0n) is 11.9. The fourth-order valence-corrected chi connectivity index (χ4v) is 2.11. The lowest BCUT2D eigenvalue weighted by atomic mass is 10.1. The third kappa shape index (κ3) is 5.25. The van der Waals surface area contributed by atoms with Crippen molar-refractivity contribution >= 4 is 28.0 Å². The van der Waals surface area contributed by atoms with Crippen molar-refractivity contribution in [2.75, 3.05) is 13.7 Å². The molecule has 0 heterocycles. The van der Waals surface area contributed by atoms with Crippen LogP contribution in [0.1, 0.15) is 25.8 Å². The zero-order valence-corrected chi connectivity index (χ0v) is 13.4. The van der Waals surface area contributed by atoms with Gasteiger partial charge < -0.3 is 14.6 Å². The lowest BCUT2D eigenvalue weighted by Gasteiger charge is -2.14. The summed E-state index contributed by atoms with van der Waals surface area (Å²) in [6.45, 7) is 4.88. The molecule has 0 atom stereocenters. The molecule has 1 N–H and O–H groups in total. The molecule has 0 aliphatic rings. The Morgan fingerprint density at radius 2 is 2.15 bits per heavy atom. The first kappa shape index (κ1) is 16.6. The Morgan fingerprint density at radius 1 is 1.45 bits per heavy atom. The topological polar surface area (TPSA) is 55.8 Å². The summed E-state index contributed by atoms with van der Waals surface area (Å²) < 4.78 is 11.8. The number of rotatable bonds is 7. The molecule has 0 bridgehead atoms. The molecule has 1 aromatic rings. The monoisotopic (exact) mass is 342 g/mol. The van der Waals surface area contributed by atoms with Gasteiger partial charge in [0.2, 0.25) is 0 Å². The quantitative estimate of drug-likeness (QED) is 0.761. The van der Waals surface area contributed by atoms with E-state index in [9.17, 15) is 4.79 Å². The minimum Gasteiger partial charge on any atom is -0.493 e. The second kappa shape index (κ2) is 7.94. The molecule has 1 rings (SSSR count). The van der Waals surface area contributed by atoms with Crippen LogP contribution in [0.3, 0.4) is 0 Å². The van der Waals surface area contributed by atoms with Gasteiger partial charge in [0.05, 0.1) is 18.2 Å². The van der Waals surface area contributed by atoms with Crippen molar-refractivity contribution in [3.05, 3.63) is 28.2 Å². The van der Waals surface area contributed by atoms with Crippen LogP contribution >= 0.6 is 15.9 Å². The molecule has 0 spiro atoms. The second-order valence-electron chi connectivity index (χ2n) is 4.74. The highest BCUT2D eigenvalue weighted by Gasteiger charge is 2.11. The molecule has 1 aromatic carbocycles. The average Bonchev–Trinajstić information content (AvgIpc) is 2.37. The van der Waals surface area contributed by atoms with Crippen LogP contribution in [0.4, 0.5) is 0 Å². The minimum atomic E-state index is -0.989. The van der Waals surface area contributed by atoms with Crippen molar-refractivity contribution < 1.29 is 19.4 Å². The Balaban J connectivity index is 2.93. The third-order valence-electron chi connectivity index (χ3n) is 2.61. The molecule has 20 heavy (non-hydrogen) atoms. The van der Waals surface area contributed by atoms with Gasteiger partial charge in [-0.15, -0.1) is 0 Å². The van der Waals surface area contributed by atoms with Crippen molar-refractivity contribution in [1.29, 1.82) is 0 Å². The van der Waals surface area contributed by atoms with Crippen molar-refractivity contribution in [2.24, 2.45) is 5.92 Å². The second-order valence-corrected chi connectivity index (χ2v) is 5.59. The molecule has 0 amide bonds. The lowest BCUT2D eigenvalue weighted by Crippen LogP contribution is -2.03. The van der Waals surface area contributed by atoms with Crippen LogP contribution in [0.2, 0.25) is 0 Å². The first-order valence-electron chi connectivity index (χ1n) is 6.35. The van der Waals surface area contributed by atoms with E-state index >= 15 is 0 Å². The van der Waals surface area contributed by atoms with E-state index in [-0.39, 0.29) is 0 Å². The van der Waals surface area contributed by atoms with Gasteiger partial charge in [-0.1, -0.05) is 13.8 Å². The third-order valence-corrected chi connectivity index (χ3v) is 3.20. The summed E-state index contributed by atoms with van der Waals surface area (Å²) in [5.74, 6) is 0.795. The summed E-state index contributed by atoms with van der Waals surface area (Å²) in [4.78, 5) is 10.5. The van der Waals surface area contributed by atoms with E-state index in [2.05, 4.69) is 29.8 Å². The maximum Gasteiger partial charge on any atom is 0.328 e. The van der Waals surface area contributed by atoms with E-state index in [1.807, 2.05) is 0 Å². The number of methoxy groups -OCH3 is 1. The molecule has 0 radical (unpaired) electrons. The van der Waals surface area contributed by atoms with Crippen LogP contribution in [0.5, 0.6) is 11.5 Å². The number of halogens is 1. The molecular weight excluding hydrogens is 324 g/mol. The van der Waals surface area contributed by atoms with Gasteiger partial charge >= 0.3 is 5.97 Å². The molecule has 0 aromatic heterocycles. The lowest BCUT2D eigenvalue weighted by molar-refractivity contribution is -0.131. The van der Waals surface area contributed by atoms with Gasteiger partial charge in [-0.3, -0.25) is 0 Å². The predicted octanol–water partition coefficient (Wildman–Crippen LogP) is 3.98. The Hall–Kier alpha value is -1.49. The summed E-state index contributed by atoms with van der Waals surface area (Å²) in [6.07, 6.45) is 3.55. The highest BCUT2D eigenvalue weighted by atomic mass is 79.9. The van der Waals surface area contributed by atoms with Gasteiger partial charge in [0, 0.05) is 6.08 Å². The zero-order chi connectivity index (χ0) is 15.1. The molecule has 0 unspecified atom stereocenters. The summed E-state index contributed by atoms with van der Waals surface area (Å²) in [5.41, 5.74) is 0.729. The van der Waals surface area contributed by atoms with Crippen molar-refractivity contribution in [1.82, 2.24) is 0 Å². The first-order valence-corrected chi connectivity index (χ1v) is 7.14. The summed E-state index contributed by atoms with van der Waals surface area (Å²) >= 11 is 3.43. The van der Waals surface area contributed by atoms with Gasteiger partial charge in [-0.2, -0.15) is 0 Å². The van der Waals surface area contributed by atoms with E-state index < -0.39 is 5.97 Å². The van der Waals surface area contributed by atoms with Gasteiger partial charge in [0.25, 0.3) is 0 Å². The normalized spacial score (nSPS) is 11.1. The summed E-state index contributed by atoms with van der Waals surface area (Å²) in [5, 5.41) is 8.64. The van der Waals surface area contributed by atoms with Crippen LogP contribution in [0, 0.1) is 5.92 Å². The molecule has 110 valence electrons. The minimum absolute atomic E-state index is 0.567. The molecule has 0 aliphatic carbocycles. The molecule has 0 fully saturated rings. The van der Waals surface area contributed by atoms with E-state index in [4.69, 9.17) is 14.6 Å². The van der Waals surface area contributed by atoms with Gasteiger partial charge in [0.1, 0.15) is 0 Å². The number of hydrogen-bond donors (Lipinski definition) is 1. The number of carbonyl (C=O) groups is 1. The molecular formula is C15H19BrO4. The van der Waals surface area contributed by atoms with E-state index in [1.165, 1.54) is 6.08 Å². The first-order chi connectivity index (χ1) is 9.43. The van der Waals surface area contributed by atoms with E-state index in [0.29, 0.717) is 24.0 Å². The van der Waals surface area contributed by atoms with Crippen LogP contribution in [-0.4, -0.2) is 24.8 Å². The molecule has 0 aliphatic heterocycles. The van der Waals surface area contributed by atoms with Gasteiger partial charge in [-0.25, -0.2) is 4.79 Å². The Kier molecular flexibility index (Phi) is 6.58. The summed E-state index contributed by atoms with van der Waals surface area (Å²) in [6, 6.07) is 3.54. The van der Waals surface area contributed by atoms with Crippen LogP contribution in [-0.2, 0) is 4.79 Å². The van der Waals surface area contributed by atoms with Crippen molar-refractivity contribution in [3.63, 3.8) is 0 Å². The van der Waals surface area contributed by atoms with E-state index in [0.717, 1.165) is 22.5 Å².